The smallest absolute Gasteiger partial charge is 0.410 e. The fourth-order valence-electron chi connectivity index (χ4n) is 2.61. The van der Waals surface area contributed by atoms with Crippen LogP contribution in [0.5, 0.6) is 0 Å². The topological polar surface area (TPSA) is 46.6 Å². The second-order valence-electron chi connectivity index (χ2n) is 5.72. The van der Waals surface area contributed by atoms with Crippen molar-refractivity contribution in [2.24, 2.45) is 5.92 Å². The van der Waals surface area contributed by atoms with E-state index in [2.05, 4.69) is 0 Å². The third-order valence-corrected chi connectivity index (χ3v) is 3.37. The number of carbonyl (C=O) groups is 2. The zero-order chi connectivity index (χ0) is 11.9. The molecule has 2 bridgehead atoms. The van der Waals surface area contributed by atoms with Gasteiger partial charge in [0.05, 0.1) is 0 Å². The Labute approximate surface area is 95.9 Å². The van der Waals surface area contributed by atoms with Gasteiger partial charge in [0.15, 0.2) is 0 Å². The monoisotopic (exact) mass is 225 g/mol. The first-order valence-electron chi connectivity index (χ1n) is 5.89. The van der Waals surface area contributed by atoms with Gasteiger partial charge in [0, 0.05) is 18.0 Å². The van der Waals surface area contributed by atoms with Gasteiger partial charge in [0.25, 0.3) is 0 Å². The molecule has 0 aromatic rings. The number of aldehydes is 1. The van der Waals surface area contributed by atoms with Crippen LogP contribution in [0, 0.1) is 5.92 Å². The molecule has 0 aromatic heterocycles. The molecule has 16 heavy (non-hydrogen) atoms. The summed E-state index contributed by atoms with van der Waals surface area (Å²) in [4.78, 5) is 24.5. The number of amides is 1. The van der Waals surface area contributed by atoms with Crippen LogP contribution >= 0.6 is 0 Å². The fourth-order valence-corrected chi connectivity index (χ4v) is 2.61. The minimum absolute atomic E-state index is 0.0116. The minimum Gasteiger partial charge on any atom is -0.444 e. The molecule has 0 spiro atoms. The van der Waals surface area contributed by atoms with Crippen molar-refractivity contribution in [3.8, 4) is 0 Å². The third-order valence-electron chi connectivity index (χ3n) is 3.37. The Morgan fingerprint density at radius 2 is 2.06 bits per heavy atom. The van der Waals surface area contributed by atoms with Gasteiger partial charge in [-0.1, -0.05) is 0 Å². The molecular weight excluding hydrogens is 206 g/mol. The number of piperidine rings is 1. The average molecular weight is 225 g/mol. The van der Waals surface area contributed by atoms with Crippen molar-refractivity contribution in [1.82, 2.24) is 4.90 Å². The zero-order valence-corrected chi connectivity index (χ0v) is 10.1. The average Bonchev–Trinajstić information content (AvgIpc) is 2.14. The summed E-state index contributed by atoms with van der Waals surface area (Å²) in [6.45, 7) is 5.58. The van der Waals surface area contributed by atoms with Crippen LogP contribution in [0.3, 0.4) is 0 Å². The molecule has 1 saturated carbocycles. The third kappa shape index (κ3) is 1.93. The molecule has 0 aromatic carbocycles. The molecule has 0 radical (unpaired) electrons. The second kappa shape index (κ2) is 3.75. The predicted octanol–water partition coefficient (Wildman–Crippen LogP) is 1.97. The molecule has 90 valence electrons. The highest BCUT2D eigenvalue weighted by Crippen LogP contribution is 2.41. The quantitative estimate of drug-likeness (QED) is 0.641. The van der Waals surface area contributed by atoms with E-state index in [4.69, 9.17) is 4.74 Å². The SMILES string of the molecule is CC(C)(C)OC(=O)N1[C@@H]2CC[C@H](C=O)[C@H]1C2. The molecule has 0 unspecified atom stereocenters. The number of carbonyl (C=O) groups excluding carboxylic acids is 2. The van der Waals surface area contributed by atoms with E-state index in [0.717, 1.165) is 25.5 Å². The van der Waals surface area contributed by atoms with Crippen LogP contribution in [0.15, 0.2) is 0 Å². The van der Waals surface area contributed by atoms with E-state index in [1.807, 2.05) is 20.8 Å². The highest BCUT2D eigenvalue weighted by Gasteiger charge is 2.50. The van der Waals surface area contributed by atoms with Gasteiger partial charge in [-0.15, -0.1) is 0 Å². The molecule has 4 nitrogen and oxygen atoms in total. The molecule has 3 aliphatic rings. The largest absolute Gasteiger partial charge is 0.444 e. The maximum atomic E-state index is 11.9. The van der Waals surface area contributed by atoms with Gasteiger partial charge in [0.1, 0.15) is 11.9 Å². The number of hydrogen-bond donors (Lipinski definition) is 0. The molecule has 4 heteroatoms. The van der Waals surface area contributed by atoms with Gasteiger partial charge in [0.2, 0.25) is 0 Å². The number of ether oxygens (including phenoxy) is 1. The Bertz CT molecular complexity index is 306. The van der Waals surface area contributed by atoms with E-state index in [1.54, 1.807) is 4.90 Å². The van der Waals surface area contributed by atoms with Crippen LogP contribution < -0.4 is 0 Å². The Balaban J connectivity index is 2.01. The maximum absolute atomic E-state index is 11.9. The Morgan fingerprint density at radius 3 is 2.56 bits per heavy atom. The molecule has 3 fully saturated rings. The van der Waals surface area contributed by atoms with Crippen LogP contribution in [-0.2, 0) is 9.53 Å². The number of hydrogen-bond acceptors (Lipinski definition) is 3. The van der Waals surface area contributed by atoms with E-state index in [1.165, 1.54) is 0 Å². The molecule has 3 atom stereocenters. The Kier molecular flexibility index (Phi) is 2.68. The lowest BCUT2D eigenvalue weighted by atomic mass is 9.73. The van der Waals surface area contributed by atoms with Crippen LogP contribution in [0.25, 0.3) is 0 Å². The predicted molar refractivity (Wildman–Crippen MR) is 59.1 cm³/mol. The summed E-state index contributed by atoms with van der Waals surface area (Å²) in [5.41, 5.74) is -0.461. The zero-order valence-electron chi connectivity index (χ0n) is 10.1. The maximum Gasteiger partial charge on any atom is 0.410 e. The second-order valence-corrected chi connectivity index (χ2v) is 5.72. The Hall–Kier alpha value is -1.06. The Morgan fingerprint density at radius 1 is 1.38 bits per heavy atom. The van der Waals surface area contributed by atoms with E-state index in [0.29, 0.717) is 6.04 Å². The normalized spacial score (nSPS) is 32.9. The molecule has 1 amide bonds. The van der Waals surface area contributed by atoms with Crippen LogP contribution in [0.2, 0.25) is 0 Å². The first-order chi connectivity index (χ1) is 7.42. The van der Waals surface area contributed by atoms with E-state index in [9.17, 15) is 9.59 Å². The van der Waals surface area contributed by atoms with Gasteiger partial charge < -0.3 is 14.4 Å². The van der Waals surface area contributed by atoms with Crippen molar-refractivity contribution in [3.63, 3.8) is 0 Å². The lowest BCUT2D eigenvalue weighted by molar-refractivity contribution is -0.122. The number of fused-ring (bicyclic) bond motifs is 2. The molecule has 3 rings (SSSR count). The minimum atomic E-state index is -0.461. The van der Waals surface area contributed by atoms with E-state index < -0.39 is 5.60 Å². The molecule has 2 heterocycles. The summed E-state index contributed by atoms with van der Waals surface area (Å²) in [5, 5.41) is 0. The van der Waals surface area contributed by atoms with E-state index in [-0.39, 0.29) is 18.1 Å². The molecule has 1 aliphatic carbocycles. The van der Waals surface area contributed by atoms with Crippen molar-refractivity contribution in [3.05, 3.63) is 0 Å². The fraction of sp³-hybridized carbons (Fsp3) is 0.833. The number of rotatable bonds is 1. The summed E-state index contributed by atoms with van der Waals surface area (Å²) in [6.07, 6.45) is 3.53. The highest BCUT2D eigenvalue weighted by molar-refractivity contribution is 5.72. The number of nitrogens with zero attached hydrogens (tertiary/aromatic N) is 1. The summed E-state index contributed by atoms with van der Waals surface area (Å²) >= 11 is 0. The lowest BCUT2D eigenvalue weighted by Gasteiger charge is -2.54. The molecular formula is C12H19NO3. The molecule has 2 saturated heterocycles. The lowest BCUT2D eigenvalue weighted by Crippen LogP contribution is -2.65. The van der Waals surface area contributed by atoms with Crippen LogP contribution in [-0.4, -0.2) is 35.0 Å². The van der Waals surface area contributed by atoms with Gasteiger partial charge in [-0.3, -0.25) is 0 Å². The van der Waals surface area contributed by atoms with Gasteiger partial charge in [-0.05, 0) is 40.0 Å². The first kappa shape index (κ1) is 11.4. The summed E-state index contributed by atoms with van der Waals surface area (Å²) < 4.78 is 5.34. The van der Waals surface area contributed by atoms with Gasteiger partial charge in [-0.2, -0.15) is 0 Å². The van der Waals surface area contributed by atoms with Crippen molar-refractivity contribution >= 4 is 12.4 Å². The summed E-state index contributed by atoms with van der Waals surface area (Å²) in [6, 6.07) is 0.391. The highest BCUT2D eigenvalue weighted by atomic mass is 16.6. The summed E-state index contributed by atoms with van der Waals surface area (Å²) in [5.74, 6) is 0.0116. The standard InChI is InChI=1S/C12H19NO3/c1-12(2,3)16-11(15)13-9-5-4-8(7-14)10(13)6-9/h7-10H,4-6H2,1-3H3/t8-,9-,10-/m1/s1. The van der Waals surface area contributed by atoms with Crippen molar-refractivity contribution in [2.75, 3.05) is 0 Å². The van der Waals surface area contributed by atoms with Gasteiger partial charge in [-0.25, -0.2) is 4.79 Å². The summed E-state index contributed by atoms with van der Waals surface area (Å²) in [7, 11) is 0. The molecule has 2 aliphatic heterocycles. The van der Waals surface area contributed by atoms with Gasteiger partial charge >= 0.3 is 6.09 Å². The van der Waals surface area contributed by atoms with Crippen LogP contribution in [0.4, 0.5) is 4.79 Å². The van der Waals surface area contributed by atoms with Crippen molar-refractivity contribution in [2.45, 2.75) is 57.7 Å². The van der Waals surface area contributed by atoms with Crippen molar-refractivity contribution in [1.29, 1.82) is 0 Å². The molecule has 0 N–H and O–H groups in total. The van der Waals surface area contributed by atoms with E-state index >= 15 is 0 Å². The van der Waals surface area contributed by atoms with Crippen LogP contribution in [0.1, 0.15) is 40.0 Å². The first-order valence-corrected chi connectivity index (χ1v) is 5.89. The van der Waals surface area contributed by atoms with Crippen molar-refractivity contribution < 1.29 is 14.3 Å².